The number of nitrogens with one attached hydrogen (secondary N) is 1. The Hall–Kier alpha value is -2.15. The maximum atomic E-state index is 12.1. The molecule has 6 nitrogen and oxygen atoms in total. The van der Waals surface area contributed by atoms with Crippen LogP contribution in [-0.4, -0.2) is 26.8 Å². The smallest absolute Gasteiger partial charge is 0.304 e. The summed E-state index contributed by atoms with van der Waals surface area (Å²) in [4.78, 5) is 24.0. The molecule has 0 radical (unpaired) electrons. The molecule has 0 saturated heterocycles. The third-order valence-corrected chi connectivity index (χ3v) is 4.40. The minimum atomic E-state index is -0.895. The second kappa shape index (κ2) is 7.22. The zero-order chi connectivity index (χ0) is 16.1. The lowest BCUT2D eigenvalue weighted by atomic mass is 9.99. The minimum Gasteiger partial charge on any atom is -0.481 e. The van der Waals surface area contributed by atoms with E-state index in [-0.39, 0.29) is 24.7 Å². The summed E-state index contributed by atoms with van der Waals surface area (Å²) in [5.74, 6) is -1.34. The Labute approximate surface area is 132 Å². The summed E-state index contributed by atoms with van der Waals surface area (Å²) in [5.41, 5.74) is 1.81. The van der Waals surface area contributed by atoms with Crippen LogP contribution in [0.1, 0.15) is 35.0 Å². The average molecular weight is 321 g/mol. The van der Waals surface area contributed by atoms with Crippen molar-refractivity contribution >= 4 is 23.2 Å². The van der Waals surface area contributed by atoms with Crippen molar-refractivity contribution in [3.63, 3.8) is 0 Å². The first-order valence-electron chi connectivity index (χ1n) is 6.97. The van der Waals surface area contributed by atoms with E-state index in [1.807, 2.05) is 37.6 Å². The summed E-state index contributed by atoms with van der Waals surface area (Å²) >= 11 is 1.48. The SMILES string of the molecule is Cc1cc(CNC(=O)C[C@@H](CC(=O)O)c2cccs2)n(C)n1. The van der Waals surface area contributed by atoms with Gasteiger partial charge in [-0.1, -0.05) is 6.07 Å². The molecule has 2 N–H and O–H groups in total. The van der Waals surface area contributed by atoms with Crippen LogP contribution in [0.5, 0.6) is 0 Å². The van der Waals surface area contributed by atoms with Crippen molar-refractivity contribution < 1.29 is 14.7 Å². The number of aliphatic carboxylic acids is 1. The number of carboxylic acid groups (broad SMARTS) is 1. The number of carbonyl (C=O) groups is 2. The molecule has 0 unspecified atom stereocenters. The standard InChI is InChI=1S/C15H19N3O3S/c1-10-6-12(18(2)17-10)9-16-14(19)7-11(8-15(20)21)13-4-3-5-22-13/h3-6,11H,7-9H2,1-2H3,(H,16,19)(H,20,21)/t11-/m0/s1. The summed E-state index contributed by atoms with van der Waals surface area (Å²) in [7, 11) is 1.83. The van der Waals surface area contributed by atoms with Crippen molar-refractivity contribution in [1.82, 2.24) is 15.1 Å². The Morgan fingerprint density at radius 1 is 1.45 bits per heavy atom. The highest BCUT2D eigenvalue weighted by Crippen LogP contribution is 2.27. The maximum Gasteiger partial charge on any atom is 0.304 e. The first kappa shape index (κ1) is 16.2. The Bertz CT molecular complexity index is 649. The molecule has 2 rings (SSSR count). The van der Waals surface area contributed by atoms with Crippen LogP contribution in [0.3, 0.4) is 0 Å². The normalized spacial score (nSPS) is 12.1. The van der Waals surface area contributed by atoms with E-state index in [9.17, 15) is 9.59 Å². The van der Waals surface area contributed by atoms with Crippen molar-refractivity contribution in [3.05, 3.63) is 39.8 Å². The van der Waals surface area contributed by atoms with Crippen LogP contribution in [0.4, 0.5) is 0 Å². The largest absolute Gasteiger partial charge is 0.481 e. The number of aromatic nitrogens is 2. The van der Waals surface area contributed by atoms with Gasteiger partial charge in [0.25, 0.3) is 0 Å². The third kappa shape index (κ3) is 4.42. The minimum absolute atomic E-state index is 0.0429. The van der Waals surface area contributed by atoms with E-state index >= 15 is 0 Å². The van der Waals surface area contributed by atoms with E-state index in [2.05, 4.69) is 10.4 Å². The number of amides is 1. The van der Waals surface area contributed by atoms with Crippen molar-refractivity contribution in [1.29, 1.82) is 0 Å². The molecule has 2 aromatic rings. The average Bonchev–Trinajstić information content (AvgIpc) is 3.05. The molecule has 0 spiro atoms. The number of hydrogen-bond donors (Lipinski definition) is 2. The number of rotatable bonds is 7. The van der Waals surface area contributed by atoms with E-state index < -0.39 is 5.97 Å². The van der Waals surface area contributed by atoms with Crippen LogP contribution in [0.25, 0.3) is 0 Å². The predicted octanol–water partition coefficient (Wildman–Crippen LogP) is 2.05. The van der Waals surface area contributed by atoms with Gasteiger partial charge in [0.1, 0.15) is 0 Å². The van der Waals surface area contributed by atoms with Gasteiger partial charge in [0, 0.05) is 24.3 Å². The zero-order valence-electron chi connectivity index (χ0n) is 12.6. The fraction of sp³-hybridized carbons (Fsp3) is 0.400. The molecule has 2 aromatic heterocycles. The van der Waals surface area contributed by atoms with E-state index in [1.54, 1.807) is 4.68 Å². The number of carbonyl (C=O) groups excluding carboxylic acids is 1. The van der Waals surface area contributed by atoms with Gasteiger partial charge in [-0.3, -0.25) is 14.3 Å². The first-order valence-corrected chi connectivity index (χ1v) is 7.85. The van der Waals surface area contributed by atoms with Gasteiger partial charge in [0.15, 0.2) is 0 Å². The molecule has 0 saturated carbocycles. The Balaban J connectivity index is 1.93. The van der Waals surface area contributed by atoms with Crippen molar-refractivity contribution in [2.75, 3.05) is 0 Å². The van der Waals surface area contributed by atoms with Gasteiger partial charge < -0.3 is 10.4 Å². The molecule has 1 amide bonds. The highest BCUT2D eigenvalue weighted by Gasteiger charge is 2.20. The Kier molecular flexibility index (Phi) is 5.32. The van der Waals surface area contributed by atoms with Gasteiger partial charge in [-0.05, 0) is 24.4 Å². The first-order chi connectivity index (χ1) is 10.5. The van der Waals surface area contributed by atoms with Crippen molar-refractivity contribution in [2.24, 2.45) is 7.05 Å². The highest BCUT2D eigenvalue weighted by molar-refractivity contribution is 7.10. The summed E-state index contributed by atoms with van der Waals surface area (Å²) < 4.78 is 1.73. The van der Waals surface area contributed by atoms with Gasteiger partial charge in [0.2, 0.25) is 5.91 Å². The Morgan fingerprint density at radius 3 is 2.77 bits per heavy atom. The number of aryl methyl sites for hydroxylation is 2. The monoisotopic (exact) mass is 321 g/mol. The third-order valence-electron chi connectivity index (χ3n) is 3.36. The molecule has 118 valence electrons. The zero-order valence-corrected chi connectivity index (χ0v) is 13.4. The molecule has 22 heavy (non-hydrogen) atoms. The van der Waals surface area contributed by atoms with Crippen molar-refractivity contribution in [2.45, 2.75) is 32.2 Å². The number of nitrogens with zero attached hydrogens (tertiary/aromatic N) is 2. The summed E-state index contributed by atoms with van der Waals surface area (Å²) in [6.07, 6.45) is 0.127. The predicted molar refractivity (Wildman–Crippen MR) is 83.7 cm³/mol. The quantitative estimate of drug-likeness (QED) is 0.817. The number of carboxylic acids is 1. The highest BCUT2D eigenvalue weighted by atomic mass is 32.1. The molecule has 7 heteroatoms. The molecule has 0 aliphatic carbocycles. The van der Waals surface area contributed by atoms with Crippen LogP contribution in [-0.2, 0) is 23.2 Å². The van der Waals surface area contributed by atoms with Gasteiger partial charge >= 0.3 is 5.97 Å². The van der Waals surface area contributed by atoms with Crippen LogP contribution in [0.15, 0.2) is 23.6 Å². The van der Waals surface area contributed by atoms with Gasteiger partial charge in [-0.2, -0.15) is 5.10 Å². The lowest BCUT2D eigenvalue weighted by Gasteiger charge is -2.13. The fourth-order valence-corrected chi connectivity index (χ4v) is 3.15. The maximum absolute atomic E-state index is 12.1. The summed E-state index contributed by atoms with van der Waals surface area (Å²) in [5, 5.41) is 17.9. The second-order valence-electron chi connectivity index (χ2n) is 5.19. The molecule has 0 aliphatic rings. The summed E-state index contributed by atoms with van der Waals surface area (Å²) in [6.45, 7) is 2.28. The molecular formula is C15H19N3O3S. The molecule has 0 bridgehead atoms. The molecule has 2 heterocycles. The second-order valence-corrected chi connectivity index (χ2v) is 6.17. The van der Waals surface area contributed by atoms with E-state index in [0.29, 0.717) is 6.54 Å². The molecule has 0 fully saturated rings. The lowest BCUT2D eigenvalue weighted by molar-refractivity contribution is -0.137. The molecular weight excluding hydrogens is 302 g/mol. The van der Waals surface area contributed by atoms with Crippen molar-refractivity contribution in [3.8, 4) is 0 Å². The fourth-order valence-electron chi connectivity index (χ4n) is 2.32. The van der Waals surface area contributed by atoms with Crippen LogP contribution in [0, 0.1) is 6.92 Å². The van der Waals surface area contributed by atoms with E-state index in [4.69, 9.17) is 5.11 Å². The number of thiophene rings is 1. The molecule has 1 atom stereocenters. The van der Waals surface area contributed by atoms with E-state index in [1.165, 1.54) is 11.3 Å². The topological polar surface area (TPSA) is 84.2 Å². The summed E-state index contributed by atoms with van der Waals surface area (Å²) in [6, 6.07) is 5.65. The molecule has 0 aromatic carbocycles. The van der Waals surface area contributed by atoms with Crippen LogP contribution in [0.2, 0.25) is 0 Å². The van der Waals surface area contributed by atoms with Crippen LogP contribution < -0.4 is 5.32 Å². The van der Waals surface area contributed by atoms with Crippen LogP contribution >= 0.6 is 11.3 Å². The van der Waals surface area contributed by atoms with Gasteiger partial charge in [0.05, 0.1) is 24.4 Å². The molecule has 0 aliphatic heterocycles. The van der Waals surface area contributed by atoms with E-state index in [0.717, 1.165) is 16.3 Å². The number of hydrogen-bond acceptors (Lipinski definition) is 4. The van der Waals surface area contributed by atoms with Gasteiger partial charge in [-0.15, -0.1) is 11.3 Å². The van der Waals surface area contributed by atoms with Gasteiger partial charge in [-0.25, -0.2) is 0 Å². The lowest BCUT2D eigenvalue weighted by Crippen LogP contribution is -2.26. The Morgan fingerprint density at radius 2 is 2.23 bits per heavy atom.